The predicted octanol–water partition coefficient (Wildman–Crippen LogP) is 4.03. The van der Waals surface area contributed by atoms with E-state index in [1.165, 1.54) is 11.1 Å². The summed E-state index contributed by atoms with van der Waals surface area (Å²) in [5.74, 6) is -0.807. The highest BCUT2D eigenvalue weighted by atomic mass is 16.5. The summed E-state index contributed by atoms with van der Waals surface area (Å²) in [6.07, 6.45) is 4.12. The van der Waals surface area contributed by atoms with Crippen LogP contribution in [0.15, 0.2) is 53.1 Å². The summed E-state index contributed by atoms with van der Waals surface area (Å²) in [6, 6.07) is 13.3. The minimum atomic E-state index is -0.875. The van der Waals surface area contributed by atoms with Gasteiger partial charge in [0.25, 0.3) is 5.91 Å². The molecule has 1 aromatic heterocycles. The standard InChI is InChI=1S/C22H21NO4/c1-14(22(25)23-18-8-3-2-4-9-18)27-21(24)12-17-13-26-20-11-16-7-5-6-15(16)10-19(17)20/h2-4,8-11,13-14H,5-7,12H2,1H3,(H,23,25)/t14-/m0/s1. The van der Waals surface area contributed by atoms with E-state index < -0.39 is 12.1 Å². The van der Waals surface area contributed by atoms with Crippen LogP contribution in [0.1, 0.15) is 30.0 Å². The Morgan fingerprint density at radius 2 is 1.89 bits per heavy atom. The molecule has 0 bridgehead atoms. The number of para-hydroxylation sites is 1. The Labute approximate surface area is 157 Å². The number of fused-ring (bicyclic) bond motifs is 2. The molecule has 1 heterocycles. The van der Waals surface area contributed by atoms with E-state index in [-0.39, 0.29) is 12.3 Å². The van der Waals surface area contributed by atoms with Gasteiger partial charge in [-0.1, -0.05) is 18.2 Å². The molecular formula is C22H21NO4. The van der Waals surface area contributed by atoms with Crippen LogP contribution in [0.4, 0.5) is 5.69 Å². The molecule has 1 aliphatic carbocycles. The van der Waals surface area contributed by atoms with Crippen LogP contribution in [-0.2, 0) is 33.6 Å². The number of esters is 1. The fourth-order valence-corrected chi connectivity index (χ4v) is 3.50. The molecule has 1 aliphatic rings. The average Bonchev–Trinajstić information content (AvgIpc) is 3.27. The Hall–Kier alpha value is -3.08. The van der Waals surface area contributed by atoms with E-state index >= 15 is 0 Å². The Bertz CT molecular complexity index is 990. The van der Waals surface area contributed by atoms with Crippen LogP contribution in [0.2, 0.25) is 0 Å². The Balaban J connectivity index is 1.40. The molecule has 27 heavy (non-hydrogen) atoms. The summed E-state index contributed by atoms with van der Waals surface area (Å²) < 4.78 is 10.9. The van der Waals surface area contributed by atoms with Gasteiger partial charge >= 0.3 is 5.97 Å². The number of hydrogen-bond acceptors (Lipinski definition) is 4. The van der Waals surface area contributed by atoms with Gasteiger partial charge in [-0.3, -0.25) is 9.59 Å². The quantitative estimate of drug-likeness (QED) is 0.695. The molecule has 3 aromatic rings. The van der Waals surface area contributed by atoms with Crippen LogP contribution in [0.3, 0.4) is 0 Å². The van der Waals surface area contributed by atoms with Crippen molar-refractivity contribution in [1.82, 2.24) is 0 Å². The highest BCUT2D eigenvalue weighted by Gasteiger charge is 2.21. The minimum absolute atomic E-state index is 0.0781. The molecule has 1 atom stereocenters. The van der Waals surface area contributed by atoms with Crippen LogP contribution in [0.25, 0.3) is 11.0 Å². The van der Waals surface area contributed by atoms with Crippen molar-refractivity contribution in [2.45, 2.75) is 38.7 Å². The second-order valence-corrected chi connectivity index (χ2v) is 6.90. The third-order valence-corrected chi connectivity index (χ3v) is 4.92. The smallest absolute Gasteiger partial charge is 0.311 e. The summed E-state index contributed by atoms with van der Waals surface area (Å²) >= 11 is 0. The number of hydrogen-bond donors (Lipinski definition) is 1. The molecule has 0 fully saturated rings. The molecule has 5 nitrogen and oxygen atoms in total. The van der Waals surface area contributed by atoms with Crippen molar-refractivity contribution in [3.63, 3.8) is 0 Å². The molecule has 0 unspecified atom stereocenters. The second kappa shape index (κ2) is 7.27. The summed E-state index contributed by atoms with van der Waals surface area (Å²) in [5, 5.41) is 3.68. The molecule has 5 heteroatoms. The van der Waals surface area contributed by atoms with E-state index in [9.17, 15) is 9.59 Å². The Morgan fingerprint density at radius 3 is 2.67 bits per heavy atom. The second-order valence-electron chi connectivity index (χ2n) is 6.90. The van der Waals surface area contributed by atoms with Crippen molar-refractivity contribution >= 4 is 28.5 Å². The largest absolute Gasteiger partial charge is 0.464 e. The summed E-state index contributed by atoms with van der Waals surface area (Å²) in [7, 11) is 0. The van der Waals surface area contributed by atoms with Gasteiger partial charge in [-0.05, 0) is 61.6 Å². The van der Waals surface area contributed by atoms with E-state index in [1.807, 2.05) is 18.2 Å². The lowest BCUT2D eigenvalue weighted by atomic mass is 10.0. The Morgan fingerprint density at radius 1 is 1.15 bits per heavy atom. The number of furan rings is 1. The molecule has 0 saturated heterocycles. The number of benzene rings is 2. The maximum absolute atomic E-state index is 12.3. The summed E-state index contributed by atoms with van der Waals surface area (Å²) in [6.45, 7) is 1.57. The van der Waals surface area contributed by atoms with Gasteiger partial charge in [0.1, 0.15) is 5.58 Å². The highest BCUT2D eigenvalue weighted by molar-refractivity contribution is 5.95. The topological polar surface area (TPSA) is 68.5 Å². The number of carbonyl (C=O) groups is 2. The SMILES string of the molecule is C[C@H](OC(=O)Cc1coc2cc3c(cc12)CCC3)C(=O)Nc1ccccc1. The first-order chi connectivity index (χ1) is 13.1. The lowest BCUT2D eigenvalue weighted by molar-refractivity contribution is -0.152. The lowest BCUT2D eigenvalue weighted by Gasteiger charge is -2.13. The first kappa shape index (κ1) is 17.3. The number of anilines is 1. The van der Waals surface area contributed by atoms with Crippen molar-refractivity contribution in [2.75, 3.05) is 5.32 Å². The first-order valence-corrected chi connectivity index (χ1v) is 9.17. The molecule has 0 spiro atoms. The van der Waals surface area contributed by atoms with E-state index in [0.717, 1.165) is 35.8 Å². The van der Waals surface area contributed by atoms with Crippen molar-refractivity contribution in [1.29, 1.82) is 0 Å². The lowest BCUT2D eigenvalue weighted by Crippen LogP contribution is -2.30. The number of nitrogens with one attached hydrogen (secondary N) is 1. The van der Waals surface area contributed by atoms with Gasteiger partial charge in [0.15, 0.2) is 6.10 Å². The van der Waals surface area contributed by atoms with E-state index in [0.29, 0.717) is 5.69 Å². The van der Waals surface area contributed by atoms with Gasteiger partial charge < -0.3 is 14.5 Å². The van der Waals surface area contributed by atoms with Crippen LogP contribution in [-0.4, -0.2) is 18.0 Å². The van der Waals surface area contributed by atoms with Gasteiger partial charge in [0, 0.05) is 16.6 Å². The van der Waals surface area contributed by atoms with Crippen molar-refractivity contribution in [3.8, 4) is 0 Å². The maximum atomic E-state index is 12.3. The molecule has 138 valence electrons. The fourth-order valence-electron chi connectivity index (χ4n) is 3.50. The van der Waals surface area contributed by atoms with Gasteiger partial charge in [0.2, 0.25) is 0 Å². The highest BCUT2D eigenvalue weighted by Crippen LogP contribution is 2.30. The van der Waals surface area contributed by atoms with Crippen molar-refractivity contribution < 1.29 is 18.7 Å². The first-order valence-electron chi connectivity index (χ1n) is 9.17. The third kappa shape index (κ3) is 3.72. The fraction of sp³-hybridized carbons (Fsp3) is 0.273. The van der Waals surface area contributed by atoms with Crippen LogP contribution < -0.4 is 5.32 Å². The monoisotopic (exact) mass is 363 g/mol. The van der Waals surface area contributed by atoms with Gasteiger partial charge in [-0.25, -0.2) is 0 Å². The molecule has 2 aromatic carbocycles. The zero-order valence-electron chi connectivity index (χ0n) is 15.2. The number of amides is 1. The van der Waals surface area contributed by atoms with Gasteiger partial charge in [-0.2, -0.15) is 0 Å². The van der Waals surface area contributed by atoms with E-state index in [4.69, 9.17) is 9.15 Å². The van der Waals surface area contributed by atoms with E-state index in [2.05, 4.69) is 17.4 Å². The molecular weight excluding hydrogens is 342 g/mol. The van der Waals surface area contributed by atoms with Crippen LogP contribution >= 0.6 is 0 Å². The van der Waals surface area contributed by atoms with Crippen molar-refractivity contribution in [3.05, 3.63) is 65.4 Å². The number of carbonyl (C=O) groups excluding carboxylic acids is 2. The number of aryl methyl sites for hydroxylation is 2. The molecule has 4 rings (SSSR count). The van der Waals surface area contributed by atoms with Gasteiger partial charge in [-0.15, -0.1) is 0 Å². The molecule has 0 saturated carbocycles. The van der Waals surface area contributed by atoms with Crippen LogP contribution in [0.5, 0.6) is 0 Å². The molecule has 1 amide bonds. The Kier molecular flexibility index (Phi) is 4.67. The predicted molar refractivity (Wildman–Crippen MR) is 103 cm³/mol. The third-order valence-electron chi connectivity index (χ3n) is 4.92. The molecule has 1 N–H and O–H groups in total. The summed E-state index contributed by atoms with van der Waals surface area (Å²) in [4.78, 5) is 24.5. The zero-order chi connectivity index (χ0) is 18.8. The summed E-state index contributed by atoms with van der Waals surface area (Å²) in [5.41, 5.74) is 4.92. The average molecular weight is 363 g/mol. The minimum Gasteiger partial charge on any atom is -0.464 e. The molecule has 0 aliphatic heterocycles. The van der Waals surface area contributed by atoms with Gasteiger partial charge in [0.05, 0.1) is 12.7 Å². The number of ether oxygens (including phenoxy) is 1. The van der Waals surface area contributed by atoms with Crippen molar-refractivity contribution in [2.24, 2.45) is 0 Å². The zero-order valence-corrected chi connectivity index (χ0v) is 15.2. The normalized spacial score (nSPS) is 14.0. The maximum Gasteiger partial charge on any atom is 0.311 e. The van der Waals surface area contributed by atoms with E-state index in [1.54, 1.807) is 25.3 Å². The number of rotatable bonds is 5. The molecule has 0 radical (unpaired) electrons. The van der Waals surface area contributed by atoms with Crippen LogP contribution in [0, 0.1) is 0 Å².